The second-order valence-corrected chi connectivity index (χ2v) is 4.75. The summed E-state index contributed by atoms with van der Waals surface area (Å²) in [5.41, 5.74) is 0.903. The maximum absolute atomic E-state index is 12.4. The third-order valence-corrected chi connectivity index (χ3v) is 2.93. The van der Waals surface area contributed by atoms with Gasteiger partial charge in [-0.15, -0.1) is 12.4 Å². The van der Waals surface area contributed by atoms with Crippen molar-refractivity contribution in [3.63, 3.8) is 0 Å². The van der Waals surface area contributed by atoms with Crippen molar-refractivity contribution in [3.8, 4) is 11.4 Å². The number of halogens is 4. The molecule has 6 nitrogen and oxygen atoms in total. The van der Waals surface area contributed by atoms with Gasteiger partial charge in [-0.1, -0.05) is 5.16 Å². The predicted octanol–water partition coefficient (Wildman–Crippen LogP) is 3.12. The quantitative estimate of drug-likeness (QED) is 0.770. The van der Waals surface area contributed by atoms with Crippen LogP contribution >= 0.6 is 12.4 Å². The van der Waals surface area contributed by atoms with Crippen LogP contribution in [0.15, 0.2) is 28.8 Å². The van der Waals surface area contributed by atoms with Crippen molar-refractivity contribution in [3.05, 3.63) is 30.2 Å². The zero-order chi connectivity index (χ0) is 16.9. The molecule has 2 rings (SSSR count). The average Bonchev–Trinajstić information content (AvgIpc) is 2.98. The number of carbonyl (C=O) groups is 1. The Kier molecular flexibility index (Phi) is 7.18. The summed E-state index contributed by atoms with van der Waals surface area (Å²) in [7, 11) is 1.80. The third kappa shape index (κ3) is 5.50. The van der Waals surface area contributed by atoms with Gasteiger partial charge < -0.3 is 15.2 Å². The second-order valence-electron chi connectivity index (χ2n) is 4.75. The fourth-order valence-electron chi connectivity index (χ4n) is 1.81. The van der Waals surface area contributed by atoms with Crippen LogP contribution in [0.25, 0.3) is 11.4 Å². The molecule has 1 aromatic carbocycles. The normalized spacial score (nSPS) is 11.0. The van der Waals surface area contributed by atoms with Gasteiger partial charge in [0.05, 0.1) is 0 Å². The molecule has 0 saturated carbocycles. The molecule has 1 aromatic heterocycles. The molecule has 0 aliphatic heterocycles. The van der Waals surface area contributed by atoms with Crippen LogP contribution in [0.2, 0.25) is 0 Å². The Morgan fingerprint density at radius 1 is 1.25 bits per heavy atom. The molecule has 1 heterocycles. The smallest absolute Gasteiger partial charge is 0.329 e. The molecule has 0 bridgehead atoms. The van der Waals surface area contributed by atoms with Crippen molar-refractivity contribution in [2.45, 2.75) is 19.0 Å². The molecule has 132 valence electrons. The van der Waals surface area contributed by atoms with Crippen molar-refractivity contribution in [1.82, 2.24) is 15.5 Å². The number of benzene rings is 1. The van der Waals surface area contributed by atoms with Crippen LogP contribution in [0.1, 0.15) is 18.7 Å². The molecule has 0 fully saturated rings. The molecular weight excluding hydrogens is 349 g/mol. The third-order valence-electron chi connectivity index (χ3n) is 2.93. The van der Waals surface area contributed by atoms with E-state index in [1.165, 1.54) is 12.1 Å². The Morgan fingerprint density at radius 3 is 2.46 bits per heavy atom. The summed E-state index contributed by atoms with van der Waals surface area (Å²) in [4.78, 5) is 14.9. The highest BCUT2D eigenvalue weighted by Gasteiger charge is 2.38. The number of nitrogens with zero attached hydrogens (tertiary/aromatic N) is 2. The Hall–Kier alpha value is -2.13. The van der Waals surface area contributed by atoms with Crippen LogP contribution in [0, 0.1) is 0 Å². The molecule has 1 amide bonds. The average molecular weight is 365 g/mol. The van der Waals surface area contributed by atoms with Crippen LogP contribution < -0.4 is 10.6 Å². The maximum atomic E-state index is 12.4. The number of amides is 1. The zero-order valence-corrected chi connectivity index (χ0v) is 13.5. The van der Waals surface area contributed by atoms with Gasteiger partial charge >= 0.3 is 12.1 Å². The van der Waals surface area contributed by atoms with Gasteiger partial charge in [-0.05, 0) is 44.3 Å². The van der Waals surface area contributed by atoms with E-state index in [-0.39, 0.29) is 24.1 Å². The van der Waals surface area contributed by atoms with Gasteiger partial charge in [-0.25, -0.2) is 0 Å². The lowest BCUT2D eigenvalue weighted by Gasteiger charge is -2.05. The van der Waals surface area contributed by atoms with Gasteiger partial charge in [0.25, 0.3) is 0 Å². The van der Waals surface area contributed by atoms with E-state index in [1.807, 2.05) is 0 Å². The van der Waals surface area contributed by atoms with Gasteiger partial charge in [0.15, 0.2) is 0 Å². The van der Waals surface area contributed by atoms with Gasteiger partial charge in [0, 0.05) is 17.7 Å². The lowest BCUT2D eigenvalue weighted by molar-refractivity contribution is -0.159. The first-order valence-corrected chi connectivity index (χ1v) is 6.86. The summed E-state index contributed by atoms with van der Waals surface area (Å²) in [5, 5.41) is 8.93. The van der Waals surface area contributed by atoms with Crippen LogP contribution in [-0.4, -0.2) is 29.6 Å². The van der Waals surface area contributed by atoms with Crippen LogP contribution in [0.4, 0.5) is 18.9 Å². The largest absolute Gasteiger partial charge is 0.471 e. The first-order valence-electron chi connectivity index (χ1n) is 6.86. The standard InChI is InChI=1S/C14H15F3N4O2.ClH/c1-18-8-2-3-11(22)19-10-6-4-9(5-7-10)12-20-13(23-21-12)14(15,16)17;/h4-7,18H,2-3,8H2,1H3,(H,19,22);1H. The molecule has 0 radical (unpaired) electrons. The number of alkyl halides is 3. The summed E-state index contributed by atoms with van der Waals surface area (Å²) in [6.07, 6.45) is -3.58. The van der Waals surface area contributed by atoms with Crippen molar-refractivity contribution < 1.29 is 22.5 Å². The minimum atomic E-state index is -4.67. The zero-order valence-electron chi connectivity index (χ0n) is 12.7. The van der Waals surface area contributed by atoms with Crippen molar-refractivity contribution in [2.24, 2.45) is 0 Å². The number of anilines is 1. The lowest BCUT2D eigenvalue weighted by Crippen LogP contribution is -2.15. The molecule has 10 heteroatoms. The van der Waals surface area contributed by atoms with E-state index in [2.05, 4.69) is 25.3 Å². The molecular formula is C14H16ClF3N4O2. The molecule has 0 spiro atoms. The van der Waals surface area contributed by atoms with Gasteiger partial charge in [-0.2, -0.15) is 18.2 Å². The summed E-state index contributed by atoms with van der Waals surface area (Å²) < 4.78 is 41.4. The number of rotatable bonds is 6. The molecule has 2 aromatic rings. The summed E-state index contributed by atoms with van der Waals surface area (Å²) >= 11 is 0. The molecule has 0 atom stereocenters. The molecule has 0 unspecified atom stereocenters. The Bertz CT molecular complexity index is 659. The lowest BCUT2D eigenvalue weighted by atomic mass is 10.2. The first-order chi connectivity index (χ1) is 10.9. The monoisotopic (exact) mass is 364 g/mol. The molecule has 0 saturated heterocycles. The number of carbonyl (C=O) groups excluding carboxylic acids is 1. The predicted molar refractivity (Wildman–Crippen MR) is 83.8 cm³/mol. The molecule has 2 N–H and O–H groups in total. The van der Waals surface area contributed by atoms with Gasteiger partial charge in [0.1, 0.15) is 0 Å². The molecule has 0 aliphatic rings. The highest BCUT2D eigenvalue weighted by molar-refractivity contribution is 5.90. The minimum absolute atomic E-state index is 0. The highest BCUT2D eigenvalue weighted by atomic mass is 35.5. The fraction of sp³-hybridized carbons (Fsp3) is 0.357. The maximum Gasteiger partial charge on any atom is 0.471 e. The van der Waals surface area contributed by atoms with Crippen LogP contribution in [0.5, 0.6) is 0 Å². The minimum Gasteiger partial charge on any atom is -0.329 e. The van der Waals surface area contributed by atoms with E-state index < -0.39 is 12.1 Å². The van der Waals surface area contributed by atoms with E-state index in [0.29, 0.717) is 24.1 Å². The summed E-state index contributed by atoms with van der Waals surface area (Å²) in [5.74, 6) is -1.69. The SMILES string of the molecule is CNCCCC(=O)Nc1ccc(-c2noc(C(F)(F)F)n2)cc1.Cl. The second kappa shape index (κ2) is 8.65. The van der Waals surface area contributed by atoms with Crippen molar-refractivity contribution in [1.29, 1.82) is 0 Å². The van der Waals surface area contributed by atoms with E-state index in [9.17, 15) is 18.0 Å². The molecule has 24 heavy (non-hydrogen) atoms. The van der Waals surface area contributed by atoms with Gasteiger partial charge in [-0.3, -0.25) is 4.79 Å². The Morgan fingerprint density at radius 2 is 1.92 bits per heavy atom. The van der Waals surface area contributed by atoms with Crippen LogP contribution in [0.3, 0.4) is 0 Å². The van der Waals surface area contributed by atoms with Crippen molar-refractivity contribution in [2.75, 3.05) is 18.9 Å². The highest BCUT2D eigenvalue weighted by Crippen LogP contribution is 2.29. The van der Waals surface area contributed by atoms with Gasteiger partial charge in [0.2, 0.25) is 11.7 Å². The Balaban J connectivity index is 0.00000288. The Labute approximate surface area is 142 Å². The summed E-state index contributed by atoms with van der Waals surface area (Å²) in [6.45, 7) is 0.742. The van der Waals surface area contributed by atoms with E-state index in [4.69, 9.17) is 0 Å². The van der Waals surface area contributed by atoms with Crippen molar-refractivity contribution >= 4 is 24.0 Å². The molecule has 0 aliphatic carbocycles. The van der Waals surface area contributed by atoms with E-state index in [0.717, 1.165) is 6.54 Å². The number of hydrogen-bond donors (Lipinski definition) is 2. The van der Waals surface area contributed by atoms with Crippen LogP contribution in [-0.2, 0) is 11.0 Å². The fourth-order valence-corrected chi connectivity index (χ4v) is 1.81. The van der Waals surface area contributed by atoms with E-state index >= 15 is 0 Å². The first kappa shape index (κ1) is 19.9. The van der Waals surface area contributed by atoms with E-state index in [1.54, 1.807) is 19.2 Å². The number of nitrogens with one attached hydrogen (secondary N) is 2. The number of aromatic nitrogens is 2. The summed E-state index contributed by atoms with van der Waals surface area (Å²) in [6, 6.07) is 6.15. The number of hydrogen-bond acceptors (Lipinski definition) is 5. The topological polar surface area (TPSA) is 80.0 Å².